The molecular weight excluding hydrogens is 366 g/mol. The molecule has 2 aliphatic heterocycles. The minimum absolute atomic E-state index is 0.0695. The highest BCUT2D eigenvalue weighted by Crippen LogP contribution is 2.43. The number of carbonyl (C=O) groups excluding carboxylic acids is 1. The van der Waals surface area contributed by atoms with Gasteiger partial charge in [0, 0.05) is 37.0 Å². The van der Waals surface area contributed by atoms with Crippen LogP contribution in [0.15, 0.2) is 36.4 Å². The Hall–Kier alpha value is -2.03. The standard InChI is InChI=1S/C19H23N3O4S/c1-27(25,26)22-11-15-10-21(9-8-19(15,12-22)13-23)18(24)17-7-6-14-4-2-3-5-16(14)20-17/h2-7,15,23H,8-13H2,1H3/t15-,19+/m1/s1. The van der Waals surface area contributed by atoms with Gasteiger partial charge in [0.15, 0.2) is 0 Å². The smallest absolute Gasteiger partial charge is 0.272 e. The van der Waals surface area contributed by atoms with Crippen LogP contribution in [0.3, 0.4) is 0 Å². The average molecular weight is 389 g/mol. The molecule has 2 saturated heterocycles. The van der Waals surface area contributed by atoms with Crippen LogP contribution in [-0.2, 0) is 10.0 Å². The monoisotopic (exact) mass is 389 g/mol. The van der Waals surface area contributed by atoms with E-state index in [2.05, 4.69) is 4.98 Å². The van der Waals surface area contributed by atoms with Crippen molar-refractivity contribution in [3.05, 3.63) is 42.1 Å². The summed E-state index contributed by atoms with van der Waals surface area (Å²) < 4.78 is 25.3. The third kappa shape index (κ3) is 3.22. The normalized spacial score (nSPS) is 26.3. The molecule has 1 aromatic carbocycles. The van der Waals surface area contributed by atoms with E-state index in [0.29, 0.717) is 38.3 Å². The molecule has 3 heterocycles. The van der Waals surface area contributed by atoms with Gasteiger partial charge in [0.2, 0.25) is 10.0 Å². The van der Waals surface area contributed by atoms with E-state index in [9.17, 15) is 18.3 Å². The first-order valence-corrected chi connectivity index (χ1v) is 10.9. The quantitative estimate of drug-likeness (QED) is 0.844. The number of piperidine rings is 1. The molecule has 7 nitrogen and oxygen atoms in total. The van der Waals surface area contributed by atoms with E-state index in [-0.39, 0.29) is 18.4 Å². The number of benzene rings is 1. The molecule has 1 aromatic heterocycles. The number of aromatic nitrogens is 1. The maximum Gasteiger partial charge on any atom is 0.272 e. The number of para-hydroxylation sites is 1. The van der Waals surface area contributed by atoms with Gasteiger partial charge in [-0.25, -0.2) is 17.7 Å². The Balaban J connectivity index is 1.56. The lowest BCUT2D eigenvalue weighted by Crippen LogP contribution is -2.50. The van der Waals surface area contributed by atoms with E-state index >= 15 is 0 Å². The summed E-state index contributed by atoms with van der Waals surface area (Å²) in [7, 11) is -3.32. The average Bonchev–Trinajstić information content (AvgIpc) is 3.07. The zero-order chi connectivity index (χ0) is 19.2. The first-order valence-electron chi connectivity index (χ1n) is 9.03. The van der Waals surface area contributed by atoms with E-state index in [4.69, 9.17) is 0 Å². The van der Waals surface area contributed by atoms with Crippen molar-refractivity contribution < 1.29 is 18.3 Å². The fourth-order valence-electron chi connectivity index (χ4n) is 4.28. The van der Waals surface area contributed by atoms with Crippen molar-refractivity contribution in [1.82, 2.24) is 14.2 Å². The van der Waals surface area contributed by atoms with E-state index in [1.807, 2.05) is 30.3 Å². The Morgan fingerprint density at radius 3 is 2.78 bits per heavy atom. The van der Waals surface area contributed by atoms with E-state index in [0.717, 1.165) is 10.9 Å². The lowest BCUT2D eigenvalue weighted by Gasteiger charge is -2.42. The van der Waals surface area contributed by atoms with Gasteiger partial charge in [-0.1, -0.05) is 24.3 Å². The molecule has 0 saturated carbocycles. The van der Waals surface area contributed by atoms with E-state index < -0.39 is 15.4 Å². The van der Waals surface area contributed by atoms with Gasteiger partial charge in [0.05, 0.1) is 18.4 Å². The van der Waals surface area contributed by atoms with Crippen molar-refractivity contribution in [2.75, 3.05) is 39.0 Å². The molecule has 0 bridgehead atoms. The Bertz CT molecular complexity index is 993. The molecule has 2 atom stereocenters. The molecule has 1 N–H and O–H groups in total. The van der Waals surface area contributed by atoms with Crippen LogP contribution in [0.4, 0.5) is 0 Å². The minimum atomic E-state index is -3.32. The van der Waals surface area contributed by atoms with Crippen LogP contribution in [0, 0.1) is 11.3 Å². The molecule has 0 spiro atoms. The van der Waals surface area contributed by atoms with E-state index in [1.165, 1.54) is 10.6 Å². The largest absolute Gasteiger partial charge is 0.396 e. The molecule has 144 valence electrons. The van der Waals surface area contributed by atoms with Gasteiger partial charge in [-0.2, -0.15) is 0 Å². The van der Waals surface area contributed by atoms with Crippen molar-refractivity contribution in [2.45, 2.75) is 6.42 Å². The fraction of sp³-hybridized carbons (Fsp3) is 0.474. The number of carbonyl (C=O) groups is 1. The Labute approximate surface area is 158 Å². The van der Waals surface area contributed by atoms with Crippen LogP contribution in [0.1, 0.15) is 16.9 Å². The predicted octanol–water partition coefficient (Wildman–Crippen LogP) is 0.951. The number of amides is 1. The van der Waals surface area contributed by atoms with Gasteiger partial charge in [-0.3, -0.25) is 4.79 Å². The molecule has 27 heavy (non-hydrogen) atoms. The number of aliphatic hydroxyl groups is 1. The number of pyridine rings is 1. The summed E-state index contributed by atoms with van der Waals surface area (Å²) in [5.74, 6) is -0.222. The molecule has 4 rings (SSSR count). The molecule has 2 fully saturated rings. The summed E-state index contributed by atoms with van der Waals surface area (Å²) in [6.07, 6.45) is 1.77. The molecule has 2 aliphatic rings. The van der Waals surface area contributed by atoms with Crippen LogP contribution in [0.2, 0.25) is 0 Å². The second-order valence-electron chi connectivity index (χ2n) is 7.66. The lowest BCUT2D eigenvalue weighted by atomic mass is 9.73. The lowest BCUT2D eigenvalue weighted by molar-refractivity contribution is 0.0183. The SMILES string of the molecule is CS(=O)(=O)N1C[C@H]2CN(C(=O)c3ccc4ccccc4n3)CC[C@@]2(CO)C1. The highest BCUT2D eigenvalue weighted by atomic mass is 32.2. The maximum absolute atomic E-state index is 13.0. The third-order valence-electron chi connectivity index (χ3n) is 5.99. The van der Waals surface area contributed by atoms with Crippen molar-refractivity contribution in [3.8, 4) is 0 Å². The number of hydrogen-bond acceptors (Lipinski definition) is 5. The van der Waals surface area contributed by atoms with Crippen molar-refractivity contribution in [2.24, 2.45) is 11.3 Å². The Kier molecular flexibility index (Phi) is 4.44. The number of rotatable bonds is 3. The summed E-state index contributed by atoms with van der Waals surface area (Å²) in [5.41, 5.74) is 0.703. The highest BCUT2D eigenvalue weighted by molar-refractivity contribution is 7.88. The number of hydrogen-bond donors (Lipinski definition) is 1. The first kappa shape index (κ1) is 18.3. The van der Waals surface area contributed by atoms with Crippen LogP contribution in [0.5, 0.6) is 0 Å². The van der Waals surface area contributed by atoms with Crippen molar-refractivity contribution in [1.29, 1.82) is 0 Å². The van der Waals surface area contributed by atoms with Crippen LogP contribution >= 0.6 is 0 Å². The van der Waals surface area contributed by atoms with Gasteiger partial charge in [0.25, 0.3) is 5.91 Å². The summed E-state index contributed by atoms with van der Waals surface area (Å²) in [6, 6.07) is 11.3. The topological polar surface area (TPSA) is 90.8 Å². The molecule has 2 aromatic rings. The maximum atomic E-state index is 13.0. The van der Waals surface area contributed by atoms with E-state index in [1.54, 1.807) is 11.0 Å². The summed E-state index contributed by atoms with van der Waals surface area (Å²) in [6.45, 7) is 1.51. The number of likely N-dealkylation sites (tertiary alicyclic amines) is 1. The van der Waals surface area contributed by atoms with Gasteiger partial charge in [-0.15, -0.1) is 0 Å². The van der Waals surface area contributed by atoms with Gasteiger partial charge in [0.1, 0.15) is 5.69 Å². The van der Waals surface area contributed by atoms with Crippen molar-refractivity contribution >= 4 is 26.8 Å². The predicted molar refractivity (Wildman–Crippen MR) is 102 cm³/mol. The highest BCUT2D eigenvalue weighted by Gasteiger charge is 2.51. The summed E-state index contributed by atoms with van der Waals surface area (Å²) in [4.78, 5) is 19.2. The number of aliphatic hydroxyl groups excluding tert-OH is 1. The molecule has 0 radical (unpaired) electrons. The zero-order valence-electron chi connectivity index (χ0n) is 15.2. The minimum Gasteiger partial charge on any atom is -0.396 e. The Morgan fingerprint density at radius 2 is 2.04 bits per heavy atom. The van der Waals surface area contributed by atoms with Crippen LogP contribution in [0.25, 0.3) is 10.9 Å². The second-order valence-corrected chi connectivity index (χ2v) is 9.65. The molecule has 1 amide bonds. The van der Waals surface area contributed by atoms with Gasteiger partial charge < -0.3 is 10.0 Å². The number of fused-ring (bicyclic) bond motifs is 2. The summed E-state index contributed by atoms with van der Waals surface area (Å²) in [5, 5.41) is 10.9. The number of nitrogens with zero attached hydrogens (tertiary/aromatic N) is 3. The van der Waals surface area contributed by atoms with Gasteiger partial charge in [-0.05, 0) is 24.5 Å². The Morgan fingerprint density at radius 1 is 1.26 bits per heavy atom. The molecule has 0 aliphatic carbocycles. The van der Waals surface area contributed by atoms with Crippen LogP contribution in [-0.4, -0.2) is 72.7 Å². The summed E-state index contributed by atoms with van der Waals surface area (Å²) >= 11 is 0. The molecule has 8 heteroatoms. The molecule has 0 unspecified atom stereocenters. The fourth-order valence-corrected chi connectivity index (χ4v) is 5.22. The zero-order valence-corrected chi connectivity index (χ0v) is 16.0. The van der Waals surface area contributed by atoms with Crippen LogP contribution < -0.4 is 0 Å². The first-order chi connectivity index (χ1) is 12.8. The second kappa shape index (κ2) is 6.54. The van der Waals surface area contributed by atoms with Gasteiger partial charge >= 0.3 is 0 Å². The number of sulfonamides is 1. The third-order valence-corrected chi connectivity index (χ3v) is 7.21. The van der Waals surface area contributed by atoms with Crippen molar-refractivity contribution in [3.63, 3.8) is 0 Å². The molecular formula is C19H23N3O4S.